The SMILES string of the molecule is OCCCCSc1cc(Cl)ccc1Cl. The lowest BCUT2D eigenvalue weighted by Gasteiger charge is -2.03. The van der Waals surface area contributed by atoms with Gasteiger partial charge >= 0.3 is 0 Å². The summed E-state index contributed by atoms with van der Waals surface area (Å²) in [5, 5.41) is 10.1. The highest BCUT2D eigenvalue weighted by molar-refractivity contribution is 7.99. The van der Waals surface area contributed by atoms with Crippen molar-refractivity contribution in [1.29, 1.82) is 0 Å². The molecule has 0 aliphatic heterocycles. The minimum atomic E-state index is 0.254. The van der Waals surface area contributed by atoms with Crippen LogP contribution in [-0.4, -0.2) is 17.5 Å². The van der Waals surface area contributed by atoms with Crippen LogP contribution < -0.4 is 0 Å². The standard InChI is InChI=1S/C10H12Cl2OS/c11-8-3-4-9(12)10(7-8)14-6-2-1-5-13/h3-4,7,13H,1-2,5-6H2. The number of unbranched alkanes of at least 4 members (excludes halogenated alkanes) is 1. The van der Waals surface area contributed by atoms with Crippen molar-refractivity contribution in [1.82, 2.24) is 0 Å². The van der Waals surface area contributed by atoms with Crippen molar-refractivity contribution in [2.24, 2.45) is 0 Å². The topological polar surface area (TPSA) is 20.2 Å². The molecule has 0 atom stereocenters. The van der Waals surface area contributed by atoms with Crippen LogP contribution in [0.2, 0.25) is 10.0 Å². The zero-order valence-electron chi connectivity index (χ0n) is 7.67. The molecular formula is C10H12Cl2OS. The normalized spacial score (nSPS) is 10.5. The molecule has 1 aromatic carbocycles. The van der Waals surface area contributed by atoms with Gasteiger partial charge in [-0.05, 0) is 36.8 Å². The van der Waals surface area contributed by atoms with Gasteiger partial charge in [0, 0.05) is 16.5 Å². The largest absolute Gasteiger partial charge is 0.396 e. The first-order valence-electron chi connectivity index (χ1n) is 4.43. The van der Waals surface area contributed by atoms with Crippen molar-refractivity contribution in [3.05, 3.63) is 28.2 Å². The lowest BCUT2D eigenvalue weighted by atomic mass is 10.4. The minimum Gasteiger partial charge on any atom is -0.396 e. The van der Waals surface area contributed by atoms with Crippen LogP contribution in [0.5, 0.6) is 0 Å². The third-order valence-electron chi connectivity index (χ3n) is 1.70. The van der Waals surface area contributed by atoms with Crippen LogP contribution in [0, 0.1) is 0 Å². The molecule has 78 valence electrons. The fourth-order valence-electron chi connectivity index (χ4n) is 0.984. The summed E-state index contributed by atoms with van der Waals surface area (Å²) in [6.07, 6.45) is 1.83. The van der Waals surface area contributed by atoms with Gasteiger partial charge in [0.1, 0.15) is 0 Å². The highest BCUT2D eigenvalue weighted by atomic mass is 35.5. The molecule has 4 heteroatoms. The third-order valence-corrected chi connectivity index (χ3v) is 3.52. The second-order valence-corrected chi connectivity index (χ2v) is 4.83. The van der Waals surface area contributed by atoms with E-state index in [1.54, 1.807) is 23.9 Å². The summed E-state index contributed by atoms with van der Waals surface area (Å²) < 4.78 is 0. The summed E-state index contributed by atoms with van der Waals surface area (Å²) in [5.41, 5.74) is 0. The Kier molecular flexibility index (Phi) is 5.71. The van der Waals surface area contributed by atoms with E-state index < -0.39 is 0 Å². The molecule has 0 unspecified atom stereocenters. The van der Waals surface area contributed by atoms with Gasteiger partial charge in [0.15, 0.2) is 0 Å². The summed E-state index contributed by atoms with van der Waals surface area (Å²) in [6.45, 7) is 0.254. The van der Waals surface area contributed by atoms with Gasteiger partial charge in [-0.15, -0.1) is 11.8 Å². The average molecular weight is 251 g/mol. The van der Waals surface area contributed by atoms with Gasteiger partial charge in [0.2, 0.25) is 0 Å². The second-order valence-electron chi connectivity index (χ2n) is 2.85. The van der Waals surface area contributed by atoms with Gasteiger partial charge in [0.05, 0.1) is 5.02 Å². The van der Waals surface area contributed by atoms with Crippen LogP contribution in [0.15, 0.2) is 23.1 Å². The van der Waals surface area contributed by atoms with E-state index >= 15 is 0 Å². The number of hydrogen-bond acceptors (Lipinski definition) is 2. The lowest BCUT2D eigenvalue weighted by molar-refractivity contribution is 0.287. The number of aliphatic hydroxyl groups excluding tert-OH is 1. The number of aliphatic hydroxyl groups is 1. The lowest BCUT2D eigenvalue weighted by Crippen LogP contribution is -1.85. The van der Waals surface area contributed by atoms with Crippen LogP contribution in [0.1, 0.15) is 12.8 Å². The Balaban J connectivity index is 2.45. The van der Waals surface area contributed by atoms with E-state index in [-0.39, 0.29) is 6.61 Å². The molecule has 1 N–H and O–H groups in total. The van der Waals surface area contributed by atoms with E-state index in [0.717, 1.165) is 28.5 Å². The van der Waals surface area contributed by atoms with Crippen molar-refractivity contribution in [3.63, 3.8) is 0 Å². The number of hydrogen-bond donors (Lipinski definition) is 1. The fraction of sp³-hybridized carbons (Fsp3) is 0.400. The highest BCUT2D eigenvalue weighted by Crippen LogP contribution is 2.30. The molecule has 1 aromatic rings. The van der Waals surface area contributed by atoms with E-state index in [4.69, 9.17) is 28.3 Å². The summed E-state index contributed by atoms with van der Waals surface area (Å²) >= 11 is 13.5. The Hall–Kier alpha value is 0.110. The molecule has 0 amide bonds. The Labute approximate surface area is 98.4 Å². The highest BCUT2D eigenvalue weighted by Gasteiger charge is 2.01. The summed E-state index contributed by atoms with van der Waals surface area (Å²) in [6, 6.07) is 5.45. The molecule has 1 nitrogen and oxygen atoms in total. The number of thioether (sulfide) groups is 1. The first-order chi connectivity index (χ1) is 6.74. The molecule has 0 aromatic heterocycles. The van der Waals surface area contributed by atoms with Gasteiger partial charge in [-0.3, -0.25) is 0 Å². The van der Waals surface area contributed by atoms with Crippen molar-refractivity contribution in [2.75, 3.05) is 12.4 Å². The van der Waals surface area contributed by atoms with Gasteiger partial charge in [-0.2, -0.15) is 0 Å². The fourth-order valence-corrected chi connectivity index (χ4v) is 2.49. The predicted molar refractivity (Wildman–Crippen MR) is 63.5 cm³/mol. The van der Waals surface area contributed by atoms with Crippen LogP contribution >= 0.6 is 35.0 Å². The zero-order chi connectivity index (χ0) is 10.4. The molecular weight excluding hydrogens is 239 g/mol. The zero-order valence-corrected chi connectivity index (χ0v) is 10.0. The molecule has 0 heterocycles. The molecule has 0 spiro atoms. The molecule has 0 saturated carbocycles. The molecule has 0 saturated heterocycles. The van der Waals surface area contributed by atoms with Crippen molar-refractivity contribution >= 4 is 35.0 Å². The van der Waals surface area contributed by atoms with Crippen molar-refractivity contribution in [3.8, 4) is 0 Å². The maximum Gasteiger partial charge on any atom is 0.0542 e. The monoisotopic (exact) mass is 250 g/mol. The smallest absolute Gasteiger partial charge is 0.0542 e. The number of halogens is 2. The minimum absolute atomic E-state index is 0.254. The number of benzene rings is 1. The van der Waals surface area contributed by atoms with Crippen LogP contribution in [0.3, 0.4) is 0 Å². The molecule has 0 radical (unpaired) electrons. The first kappa shape index (κ1) is 12.2. The molecule has 0 fully saturated rings. The predicted octanol–water partition coefficient (Wildman–Crippen LogP) is 3.86. The van der Waals surface area contributed by atoms with Crippen LogP contribution in [0.4, 0.5) is 0 Å². The Morgan fingerprint density at radius 2 is 2.00 bits per heavy atom. The molecule has 14 heavy (non-hydrogen) atoms. The van der Waals surface area contributed by atoms with Crippen molar-refractivity contribution in [2.45, 2.75) is 17.7 Å². The van der Waals surface area contributed by atoms with Crippen molar-refractivity contribution < 1.29 is 5.11 Å². The first-order valence-corrected chi connectivity index (χ1v) is 6.17. The third kappa shape index (κ3) is 4.09. The van der Waals surface area contributed by atoms with E-state index in [0.29, 0.717) is 5.02 Å². The van der Waals surface area contributed by atoms with E-state index in [1.165, 1.54) is 0 Å². The second kappa shape index (κ2) is 6.57. The molecule has 1 rings (SSSR count). The van der Waals surface area contributed by atoms with E-state index in [2.05, 4.69) is 0 Å². The maximum absolute atomic E-state index is 8.61. The van der Waals surface area contributed by atoms with Gasteiger partial charge in [-0.1, -0.05) is 23.2 Å². The van der Waals surface area contributed by atoms with Gasteiger partial charge in [-0.25, -0.2) is 0 Å². The van der Waals surface area contributed by atoms with Crippen LogP contribution in [-0.2, 0) is 0 Å². The Bertz CT molecular complexity index is 291. The van der Waals surface area contributed by atoms with E-state index in [9.17, 15) is 0 Å². The average Bonchev–Trinajstić information content (AvgIpc) is 2.18. The molecule has 0 bridgehead atoms. The van der Waals surface area contributed by atoms with Crippen LogP contribution in [0.25, 0.3) is 0 Å². The van der Waals surface area contributed by atoms with E-state index in [1.807, 2.05) is 6.07 Å². The Morgan fingerprint density at radius 3 is 2.71 bits per heavy atom. The molecule has 0 aliphatic rings. The summed E-state index contributed by atoms with van der Waals surface area (Å²) in [7, 11) is 0. The maximum atomic E-state index is 8.61. The van der Waals surface area contributed by atoms with Gasteiger partial charge < -0.3 is 5.11 Å². The number of rotatable bonds is 5. The Morgan fingerprint density at radius 1 is 1.21 bits per heavy atom. The summed E-state index contributed by atoms with van der Waals surface area (Å²) in [4.78, 5) is 1.01. The molecule has 0 aliphatic carbocycles. The summed E-state index contributed by atoms with van der Waals surface area (Å²) in [5.74, 6) is 0.959. The van der Waals surface area contributed by atoms with Gasteiger partial charge in [0.25, 0.3) is 0 Å². The quantitative estimate of drug-likeness (QED) is 0.633.